The maximum atomic E-state index is 11.9. The van der Waals surface area contributed by atoms with Crippen LogP contribution in [0.15, 0.2) is 33.5 Å². The van der Waals surface area contributed by atoms with Crippen molar-refractivity contribution in [3.63, 3.8) is 0 Å². The summed E-state index contributed by atoms with van der Waals surface area (Å²) in [7, 11) is 5.95. The number of rotatable bonds is 6. The lowest BCUT2D eigenvalue weighted by atomic mass is 9.80. The molecule has 0 saturated heterocycles. The van der Waals surface area contributed by atoms with Crippen LogP contribution in [0.4, 0.5) is 0 Å². The number of nitrogens with zero attached hydrogens (tertiary/aromatic N) is 1. The summed E-state index contributed by atoms with van der Waals surface area (Å²) in [6.45, 7) is 1.59. The molecule has 3 rings (SSSR count). The zero-order chi connectivity index (χ0) is 17.9. The highest BCUT2D eigenvalue weighted by Crippen LogP contribution is 2.31. The molecule has 1 saturated carbocycles. The summed E-state index contributed by atoms with van der Waals surface area (Å²) in [5.41, 5.74) is 1.44. The predicted molar refractivity (Wildman–Crippen MR) is 100 cm³/mol. The lowest BCUT2D eigenvalue weighted by molar-refractivity contribution is 0.0984. The third kappa shape index (κ3) is 3.88. The van der Waals surface area contributed by atoms with E-state index in [2.05, 4.69) is 24.3 Å². The SMILES string of the molecule is COc1ccc2c(CNCC3(N(C)C)CCCCC3)cc(=O)oc2c1. The van der Waals surface area contributed by atoms with E-state index in [0.29, 0.717) is 17.9 Å². The quantitative estimate of drug-likeness (QED) is 0.816. The number of benzene rings is 1. The van der Waals surface area contributed by atoms with Gasteiger partial charge < -0.3 is 19.4 Å². The van der Waals surface area contributed by atoms with Gasteiger partial charge in [0.1, 0.15) is 11.3 Å². The summed E-state index contributed by atoms with van der Waals surface area (Å²) >= 11 is 0. The Balaban J connectivity index is 1.77. The second kappa shape index (κ2) is 7.58. The van der Waals surface area contributed by atoms with E-state index < -0.39 is 0 Å². The normalized spacial score (nSPS) is 17.1. The molecule has 0 amide bonds. The molecule has 1 aliphatic rings. The molecule has 1 aliphatic carbocycles. The van der Waals surface area contributed by atoms with Crippen LogP contribution in [0.25, 0.3) is 11.0 Å². The van der Waals surface area contributed by atoms with Crippen molar-refractivity contribution in [1.29, 1.82) is 0 Å². The Morgan fingerprint density at radius 2 is 1.96 bits per heavy atom. The Morgan fingerprint density at radius 1 is 1.20 bits per heavy atom. The largest absolute Gasteiger partial charge is 0.497 e. The smallest absolute Gasteiger partial charge is 0.336 e. The number of hydrogen-bond donors (Lipinski definition) is 1. The van der Waals surface area contributed by atoms with Crippen LogP contribution < -0.4 is 15.7 Å². The predicted octanol–water partition coefficient (Wildman–Crippen LogP) is 3.16. The molecule has 25 heavy (non-hydrogen) atoms. The molecule has 1 heterocycles. The molecular weight excluding hydrogens is 316 g/mol. The average Bonchev–Trinajstić information content (AvgIpc) is 2.61. The molecule has 5 heteroatoms. The summed E-state index contributed by atoms with van der Waals surface area (Å²) in [5.74, 6) is 0.689. The fourth-order valence-corrected chi connectivity index (χ4v) is 3.91. The molecule has 5 nitrogen and oxygen atoms in total. The molecule has 136 valence electrons. The zero-order valence-electron chi connectivity index (χ0n) is 15.4. The Labute approximate surface area is 149 Å². The van der Waals surface area contributed by atoms with E-state index >= 15 is 0 Å². The monoisotopic (exact) mass is 344 g/mol. The van der Waals surface area contributed by atoms with Crippen LogP contribution >= 0.6 is 0 Å². The lowest BCUT2D eigenvalue weighted by Gasteiger charge is -2.43. The van der Waals surface area contributed by atoms with Gasteiger partial charge >= 0.3 is 5.63 Å². The Hall–Kier alpha value is -1.85. The summed E-state index contributed by atoms with van der Waals surface area (Å²) in [6.07, 6.45) is 6.36. The number of hydrogen-bond acceptors (Lipinski definition) is 5. The van der Waals surface area contributed by atoms with Crippen molar-refractivity contribution >= 4 is 11.0 Å². The van der Waals surface area contributed by atoms with Crippen LogP contribution in [0.5, 0.6) is 5.75 Å². The van der Waals surface area contributed by atoms with Gasteiger partial charge in [-0.1, -0.05) is 19.3 Å². The zero-order valence-corrected chi connectivity index (χ0v) is 15.4. The maximum absolute atomic E-state index is 11.9. The summed E-state index contributed by atoms with van der Waals surface area (Å²) in [6, 6.07) is 7.21. The highest BCUT2D eigenvalue weighted by atomic mass is 16.5. The lowest BCUT2D eigenvalue weighted by Crippen LogP contribution is -2.52. The molecule has 0 bridgehead atoms. The van der Waals surface area contributed by atoms with Crippen molar-refractivity contribution in [3.05, 3.63) is 40.2 Å². The maximum Gasteiger partial charge on any atom is 0.336 e. The molecule has 1 aromatic heterocycles. The second-order valence-corrected chi connectivity index (χ2v) is 7.24. The average molecular weight is 344 g/mol. The van der Waals surface area contributed by atoms with Crippen molar-refractivity contribution in [2.75, 3.05) is 27.7 Å². The highest BCUT2D eigenvalue weighted by Gasteiger charge is 2.33. The first-order chi connectivity index (χ1) is 12.0. The van der Waals surface area contributed by atoms with Gasteiger partial charge in [-0.25, -0.2) is 4.79 Å². The number of nitrogens with one attached hydrogen (secondary N) is 1. The van der Waals surface area contributed by atoms with Crippen LogP contribution in [0.1, 0.15) is 37.7 Å². The van der Waals surface area contributed by atoms with Crippen LogP contribution in [-0.4, -0.2) is 38.2 Å². The van der Waals surface area contributed by atoms with E-state index in [1.54, 1.807) is 19.2 Å². The molecule has 1 aromatic carbocycles. The van der Waals surface area contributed by atoms with Gasteiger partial charge in [0.15, 0.2) is 0 Å². The van der Waals surface area contributed by atoms with Crippen molar-refractivity contribution in [2.45, 2.75) is 44.2 Å². The first-order valence-electron chi connectivity index (χ1n) is 9.03. The van der Waals surface area contributed by atoms with Crippen molar-refractivity contribution < 1.29 is 9.15 Å². The van der Waals surface area contributed by atoms with Crippen LogP contribution in [-0.2, 0) is 6.54 Å². The molecular formula is C20H28N2O3. The van der Waals surface area contributed by atoms with Crippen LogP contribution in [0.2, 0.25) is 0 Å². The number of likely N-dealkylation sites (N-methyl/N-ethyl adjacent to an activating group) is 1. The van der Waals surface area contributed by atoms with Crippen molar-refractivity contribution in [3.8, 4) is 5.75 Å². The molecule has 1 fully saturated rings. The Kier molecular flexibility index (Phi) is 5.45. The van der Waals surface area contributed by atoms with Gasteiger partial charge in [-0.05, 0) is 44.6 Å². The van der Waals surface area contributed by atoms with Crippen molar-refractivity contribution in [2.24, 2.45) is 0 Å². The number of methoxy groups -OCH3 is 1. The highest BCUT2D eigenvalue weighted by molar-refractivity contribution is 5.81. The molecule has 0 radical (unpaired) electrons. The van der Waals surface area contributed by atoms with Crippen LogP contribution in [0, 0.1) is 0 Å². The fraction of sp³-hybridized carbons (Fsp3) is 0.550. The van der Waals surface area contributed by atoms with Crippen molar-refractivity contribution in [1.82, 2.24) is 10.2 Å². The van der Waals surface area contributed by atoms with Crippen LogP contribution in [0.3, 0.4) is 0 Å². The second-order valence-electron chi connectivity index (χ2n) is 7.24. The van der Waals surface area contributed by atoms with Gasteiger partial charge in [0, 0.05) is 36.1 Å². The van der Waals surface area contributed by atoms with Gasteiger partial charge in [0.25, 0.3) is 0 Å². The first kappa shape index (κ1) is 18.0. The van der Waals surface area contributed by atoms with Gasteiger partial charge in [-0.15, -0.1) is 0 Å². The molecule has 2 aromatic rings. The van der Waals surface area contributed by atoms with E-state index in [9.17, 15) is 4.79 Å². The van der Waals surface area contributed by atoms with Gasteiger partial charge in [0.2, 0.25) is 0 Å². The van der Waals surface area contributed by atoms with E-state index in [-0.39, 0.29) is 11.2 Å². The molecule has 0 aliphatic heterocycles. The van der Waals surface area contributed by atoms with E-state index in [4.69, 9.17) is 9.15 Å². The molecule has 0 unspecified atom stereocenters. The summed E-state index contributed by atoms with van der Waals surface area (Å²) in [4.78, 5) is 14.3. The first-order valence-corrected chi connectivity index (χ1v) is 9.03. The van der Waals surface area contributed by atoms with Gasteiger partial charge in [-0.2, -0.15) is 0 Å². The van der Waals surface area contributed by atoms with E-state index in [1.165, 1.54) is 32.1 Å². The topological polar surface area (TPSA) is 54.7 Å². The molecule has 1 N–H and O–H groups in total. The van der Waals surface area contributed by atoms with Gasteiger partial charge in [0.05, 0.1) is 7.11 Å². The molecule has 0 spiro atoms. The third-order valence-electron chi connectivity index (χ3n) is 5.54. The van der Waals surface area contributed by atoms with E-state index in [1.807, 2.05) is 12.1 Å². The summed E-state index contributed by atoms with van der Waals surface area (Å²) < 4.78 is 10.5. The Bertz CT molecular complexity index is 776. The molecule has 0 atom stereocenters. The fourth-order valence-electron chi connectivity index (χ4n) is 3.91. The summed E-state index contributed by atoms with van der Waals surface area (Å²) in [5, 5.41) is 4.54. The third-order valence-corrected chi connectivity index (χ3v) is 5.54. The number of ether oxygens (including phenoxy) is 1. The number of fused-ring (bicyclic) bond motifs is 1. The van der Waals surface area contributed by atoms with E-state index in [0.717, 1.165) is 17.5 Å². The Morgan fingerprint density at radius 3 is 2.64 bits per heavy atom. The van der Waals surface area contributed by atoms with Gasteiger partial charge in [-0.3, -0.25) is 0 Å². The minimum absolute atomic E-state index is 0.219. The standard InChI is InChI=1S/C20H28N2O3/c1-22(2)20(9-5-4-6-10-20)14-21-13-15-11-19(23)25-18-12-16(24-3)7-8-17(15)18/h7-8,11-12,21H,4-6,9-10,13-14H2,1-3H3. The minimum Gasteiger partial charge on any atom is -0.497 e. The minimum atomic E-state index is -0.322.